The number of hydrogen-bond donors (Lipinski definition) is 0. The summed E-state index contributed by atoms with van der Waals surface area (Å²) in [5.74, 6) is 0. The molecule has 0 atom stereocenters. The van der Waals surface area contributed by atoms with Crippen molar-refractivity contribution in [2.75, 3.05) is 9.80 Å². The first kappa shape index (κ1) is 45.1. The van der Waals surface area contributed by atoms with Crippen LogP contribution in [0.1, 0.15) is 0 Å². The summed E-state index contributed by atoms with van der Waals surface area (Å²) >= 11 is 0. The van der Waals surface area contributed by atoms with E-state index in [9.17, 15) is 0 Å². The highest BCUT2D eigenvalue weighted by molar-refractivity contribution is 6.34. The number of para-hydroxylation sites is 2. The van der Waals surface area contributed by atoms with Crippen molar-refractivity contribution in [1.29, 1.82) is 0 Å². The minimum absolute atomic E-state index is 1.07. The summed E-state index contributed by atoms with van der Waals surface area (Å²) in [4.78, 5) is 4.94. The Bertz CT molecular complexity index is 4770. The zero-order valence-electron chi connectivity index (χ0n) is 42.8. The van der Waals surface area contributed by atoms with Crippen LogP contribution in [0.25, 0.3) is 109 Å². The molecule has 78 heavy (non-hydrogen) atoms. The summed E-state index contributed by atoms with van der Waals surface area (Å²) in [5.41, 5.74) is 13.7. The number of nitrogens with zero attached hydrogens (tertiary/aromatic N) is 2. The summed E-state index contributed by atoms with van der Waals surface area (Å²) in [7, 11) is 0. The fourth-order valence-electron chi connectivity index (χ4n) is 12.5. The van der Waals surface area contributed by atoms with Gasteiger partial charge in [-0.1, -0.05) is 237 Å². The number of fused-ring (bicyclic) bond motifs is 12. The lowest BCUT2D eigenvalue weighted by Crippen LogP contribution is -2.11. The molecule has 0 amide bonds. The minimum Gasteiger partial charge on any atom is -0.310 e. The van der Waals surface area contributed by atoms with E-state index < -0.39 is 0 Å². The van der Waals surface area contributed by atoms with Gasteiger partial charge in [0.25, 0.3) is 0 Å². The molecule has 15 aromatic rings. The summed E-state index contributed by atoms with van der Waals surface area (Å²) in [6.07, 6.45) is 0. The van der Waals surface area contributed by atoms with Gasteiger partial charge in [-0.15, -0.1) is 0 Å². The Kier molecular flexibility index (Phi) is 10.9. The second-order valence-electron chi connectivity index (χ2n) is 20.3. The van der Waals surface area contributed by atoms with Crippen LogP contribution in [0, 0.1) is 0 Å². The van der Waals surface area contributed by atoms with Crippen LogP contribution in [0.3, 0.4) is 0 Å². The van der Waals surface area contributed by atoms with E-state index in [1.807, 2.05) is 0 Å². The monoisotopic (exact) mass is 990 g/mol. The maximum atomic E-state index is 2.47. The van der Waals surface area contributed by atoms with Crippen LogP contribution >= 0.6 is 0 Å². The van der Waals surface area contributed by atoms with Gasteiger partial charge in [0, 0.05) is 33.5 Å². The SMILES string of the molecule is c1ccc(-c2cc(-c3ccccc3)c3c4ccc(N(c5ccccc5)c5cc6ccccc6c6ccccc56)cc4c4cc(N(c5ccccc5)c5cc6ccccc6c6ccccc56)ccc4c3c2-c2ccccc2)cc1. The standard InChI is InChI=1S/C76H50N2/c1-6-24-51(25-7-1)68-50-69(52-26-8-2-9-27-52)75-66-44-42-58(77(56-32-12-4-13-33-56)72-46-54-30-16-18-36-60(54)62-38-20-22-40-64(62)72)48-70(66)71-49-59(43-45-67(71)76(75)74(68)53-28-10-3-11-29-53)78(57-34-14-5-15-35-57)73-47-55-31-17-19-37-61(55)63-39-21-23-41-65(63)73/h1-50H. The molecule has 0 unspecified atom stereocenters. The first-order valence-electron chi connectivity index (χ1n) is 26.9. The molecule has 0 heterocycles. The van der Waals surface area contributed by atoms with Crippen molar-refractivity contribution in [3.63, 3.8) is 0 Å². The lowest BCUT2D eigenvalue weighted by Gasteiger charge is -2.29. The topological polar surface area (TPSA) is 6.48 Å². The Morgan fingerprint density at radius 2 is 0.551 bits per heavy atom. The van der Waals surface area contributed by atoms with Gasteiger partial charge in [0.05, 0.1) is 11.4 Å². The third kappa shape index (κ3) is 7.49. The second kappa shape index (κ2) is 18.8. The molecule has 15 aromatic carbocycles. The summed E-state index contributed by atoms with van der Waals surface area (Å²) in [6.45, 7) is 0. The van der Waals surface area contributed by atoms with E-state index >= 15 is 0 Å². The molecule has 0 aliphatic heterocycles. The predicted molar refractivity (Wildman–Crippen MR) is 335 cm³/mol. The molecule has 0 N–H and O–H groups in total. The molecule has 0 saturated heterocycles. The van der Waals surface area contributed by atoms with Crippen LogP contribution in [0.2, 0.25) is 0 Å². The third-order valence-corrected chi connectivity index (χ3v) is 15.9. The molecule has 0 aliphatic rings. The van der Waals surface area contributed by atoms with Crippen LogP contribution in [0.4, 0.5) is 34.1 Å². The van der Waals surface area contributed by atoms with E-state index in [1.165, 1.54) is 109 Å². The largest absolute Gasteiger partial charge is 0.310 e. The first-order chi connectivity index (χ1) is 38.7. The molecule has 2 nitrogen and oxygen atoms in total. The van der Waals surface area contributed by atoms with Crippen molar-refractivity contribution in [3.8, 4) is 33.4 Å². The van der Waals surface area contributed by atoms with Crippen LogP contribution in [0.5, 0.6) is 0 Å². The Morgan fingerprint density at radius 3 is 1.01 bits per heavy atom. The van der Waals surface area contributed by atoms with Gasteiger partial charge >= 0.3 is 0 Å². The maximum Gasteiger partial charge on any atom is 0.0546 e. The van der Waals surface area contributed by atoms with Crippen molar-refractivity contribution < 1.29 is 0 Å². The average molecular weight is 991 g/mol. The van der Waals surface area contributed by atoms with Gasteiger partial charge in [0.1, 0.15) is 0 Å². The molecule has 364 valence electrons. The lowest BCUT2D eigenvalue weighted by molar-refractivity contribution is 1.31. The molecule has 0 radical (unpaired) electrons. The van der Waals surface area contributed by atoms with Gasteiger partial charge in [0.15, 0.2) is 0 Å². The van der Waals surface area contributed by atoms with E-state index in [4.69, 9.17) is 0 Å². The van der Waals surface area contributed by atoms with Gasteiger partial charge in [-0.05, 0) is 165 Å². The quantitative estimate of drug-likeness (QED) is 0.133. The molecule has 2 heteroatoms. The number of benzene rings is 15. The Hall–Kier alpha value is -10.3. The molecular formula is C76H50N2. The van der Waals surface area contributed by atoms with Crippen LogP contribution in [-0.4, -0.2) is 0 Å². The Morgan fingerprint density at radius 1 is 0.192 bits per heavy atom. The molecule has 0 saturated carbocycles. The number of rotatable bonds is 9. The zero-order valence-corrected chi connectivity index (χ0v) is 42.8. The van der Waals surface area contributed by atoms with Crippen molar-refractivity contribution in [2.24, 2.45) is 0 Å². The zero-order chi connectivity index (χ0) is 51.5. The predicted octanol–water partition coefficient (Wildman–Crippen LogP) is 21.7. The summed E-state index contributed by atoms with van der Waals surface area (Å²) < 4.78 is 0. The third-order valence-electron chi connectivity index (χ3n) is 15.9. The number of anilines is 6. The van der Waals surface area contributed by atoms with Gasteiger partial charge in [0.2, 0.25) is 0 Å². The summed E-state index contributed by atoms with van der Waals surface area (Å²) in [6, 6.07) is 112. The van der Waals surface area contributed by atoms with E-state index in [2.05, 4.69) is 313 Å². The van der Waals surface area contributed by atoms with Gasteiger partial charge in [-0.25, -0.2) is 0 Å². The molecule has 0 bridgehead atoms. The normalized spacial score (nSPS) is 11.6. The highest BCUT2D eigenvalue weighted by Crippen LogP contribution is 2.52. The van der Waals surface area contributed by atoms with E-state index in [0.29, 0.717) is 0 Å². The van der Waals surface area contributed by atoms with Gasteiger partial charge < -0.3 is 9.80 Å². The van der Waals surface area contributed by atoms with Crippen molar-refractivity contribution in [3.05, 3.63) is 303 Å². The van der Waals surface area contributed by atoms with Crippen molar-refractivity contribution in [2.45, 2.75) is 0 Å². The molecular weight excluding hydrogens is 941 g/mol. The van der Waals surface area contributed by atoms with Crippen LogP contribution in [-0.2, 0) is 0 Å². The smallest absolute Gasteiger partial charge is 0.0546 e. The van der Waals surface area contributed by atoms with Crippen LogP contribution in [0.15, 0.2) is 303 Å². The van der Waals surface area contributed by atoms with Gasteiger partial charge in [-0.2, -0.15) is 0 Å². The lowest BCUT2D eigenvalue weighted by atomic mass is 9.81. The molecule has 0 spiro atoms. The Balaban J connectivity index is 1.11. The maximum absolute atomic E-state index is 2.47. The molecule has 15 rings (SSSR count). The van der Waals surface area contributed by atoms with E-state index in [1.54, 1.807) is 0 Å². The van der Waals surface area contributed by atoms with Crippen molar-refractivity contribution in [1.82, 2.24) is 0 Å². The van der Waals surface area contributed by atoms with Crippen LogP contribution < -0.4 is 9.80 Å². The average Bonchev–Trinajstić information content (AvgIpc) is 3.65. The molecule has 0 aromatic heterocycles. The van der Waals surface area contributed by atoms with E-state index in [0.717, 1.165) is 34.1 Å². The molecule has 0 fully saturated rings. The van der Waals surface area contributed by atoms with E-state index in [-0.39, 0.29) is 0 Å². The fraction of sp³-hybridized carbons (Fsp3) is 0. The highest BCUT2D eigenvalue weighted by Gasteiger charge is 2.26. The van der Waals surface area contributed by atoms with Crippen molar-refractivity contribution >= 4 is 110 Å². The highest BCUT2D eigenvalue weighted by atomic mass is 15.1. The fourth-order valence-corrected chi connectivity index (χ4v) is 12.5. The Labute approximate surface area is 453 Å². The first-order valence-corrected chi connectivity index (χ1v) is 26.9. The number of hydrogen-bond acceptors (Lipinski definition) is 2. The summed E-state index contributed by atoms with van der Waals surface area (Å²) in [5, 5.41) is 16.9. The van der Waals surface area contributed by atoms with Gasteiger partial charge in [-0.3, -0.25) is 0 Å². The minimum atomic E-state index is 1.07. The second-order valence-corrected chi connectivity index (χ2v) is 20.3. The molecule has 0 aliphatic carbocycles.